The molecule has 0 N–H and O–H groups in total. The molecule has 194 valence electrons. The van der Waals surface area contributed by atoms with E-state index in [-0.39, 0.29) is 0 Å². The topological polar surface area (TPSA) is 35.6 Å². The second-order valence-electron chi connectivity index (χ2n) is 11.1. The molecule has 2 aliphatic rings. The highest BCUT2D eigenvalue weighted by Gasteiger charge is 2.26. The van der Waals surface area contributed by atoms with Crippen LogP contribution in [-0.4, -0.2) is 19.1 Å². The van der Waals surface area contributed by atoms with Crippen molar-refractivity contribution in [2.75, 3.05) is 0 Å². The molecule has 0 saturated carbocycles. The maximum atomic E-state index is 4.86. The van der Waals surface area contributed by atoms with Crippen molar-refractivity contribution in [3.05, 3.63) is 134 Å². The molecule has 10 rings (SSSR count). The van der Waals surface area contributed by atoms with Gasteiger partial charge in [-0.15, -0.1) is 0 Å². The molecule has 4 heteroatoms. The third-order valence-corrected chi connectivity index (χ3v) is 8.89. The second-order valence-corrected chi connectivity index (χ2v) is 11.1. The number of pyridine rings is 4. The molecule has 2 aliphatic heterocycles. The number of para-hydroxylation sites is 2. The van der Waals surface area contributed by atoms with Gasteiger partial charge in [-0.2, -0.15) is 0 Å². The van der Waals surface area contributed by atoms with Crippen LogP contribution in [0.15, 0.2) is 134 Å². The number of rotatable bonds is 2. The van der Waals surface area contributed by atoms with Gasteiger partial charge in [0.1, 0.15) is 0 Å². The van der Waals surface area contributed by atoms with Crippen molar-refractivity contribution in [1.29, 1.82) is 0 Å². The summed E-state index contributed by atoms with van der Waals surface area (Å²) in [6.45, 7) is 0. The van der Waals surface area contributed by atoms with Gasteiger partial charge in [0.15, 0.2) is 0 Å². The van der Waals surface area contributed by atoms with Crippen LogP contribution in [0.1, 0.15) is 0 Å². The van der Waals surface area contributed by atoms with Crippen molar-refractivity contribution in [3.8, 4) is 22.5 Å². The Hall–Kier alpha value is -5.74. The minimum Gasteiger partial charge on any atom is -0.308 e. The molecule has 0 fully saturated rings. The summed E-state index contributed by atoms with van der Waals surface area (Å²) in [5.41, 5.74) is 11.4. The lowest BCUT2D eigenvalue weighted by molar-refractivity contribution is 1.12. The highest BCUT2D eigenvalue weighted by molar-refractivity contribution is 6.26. The van der Waals surface area contributed by atoms with E-state index in [0.29, 0.717) is 0 Å². The van der Waals surface area contributed by atoms with Gasteiger partial charge < -0.3 is 9.13 Å². The normalized spacial score (nSPS) is 12.3. The van der Waals surface area contributed by atoms with E-state index in [4.69, 9.17) is 9.97 Å². The molecule has 0 amide bonds. The average Bonchev–Trinajstić information content (AvgIpc) is 3.05. The molecule has 0 spiro atoms. The first-order chi connectivity index (χ1) is 20.8. The molecule has 42 heavy (non-hydrogen) atoms. The summed E-state index contributed by atoms with van der Waals surface area (Å²) < 4.78 is 4.80. The maximum Gasteiger partial charge on any atom is 0.0703 e. The number of aromatic nitrogens is 4. The van der Waals surface area contributed by atoms with E-state index in [1.807, 2.05) is 24.5 Å². The fourth-order valence-electron chi connectivity index (χ4n) is 7.13. The highest BCUT2D eigenvalue weighted by atomic mass is 15.0. The van der Waals surface area contributed by atoms with Crippen molar-refractivity contribution in [2.45, 2.75) is 0 Å². The predicted molar refractivity (Wildman–Crippen MR) is 174 cm³/mol. The molecule has 0 bridgehead atoms. The summed E-state index contributed by atoms with van der Waals surface area (Å²) in [5.74, 6) is 0. The van der Waals surface area contributed by atoms with E-state index in [1.54, 1.807) is 0 Å². The zero-order chi connectivity index (χ0) is 27.4. The van der Waals surface area contributed by atoms with Crippen molar-refractivity contribution < 1.29 is 0 Å². The van der Waals surface area contributed by atoms with Crippen molar-refractivity contribution in [1.82, 2.24) is 19.1 Å². The Labute approximate surface area is 240 Å². The molecule has 4 nitrogen and oxygen atoms in total. The number of hydrogen-bond donors (Lipinski definition) is 0. The average molecular weight is 535 g/mol. The lowest BCUT2D eigenvalue weighted by atomic mass is 9.87. The smallest absolute Gasteiger partial charge is 0.0703 e. The first-order valence-corrected chi connectivity index (χ1v) is 14.3. The fourth-order valence-corrected chi connectivity index (χ4v) is 7.13. The quantitative estimate of drug-likeness (QED) is 0.164. The van der Waals surface area contributed by atoms with Crippen molar-refractivity contribution in [3.63, 3.8) is 0 Å². The predicted octanol–water partition coefficient (Wildman–Crippen LogP) is 9.52. The van der Waals surface area contributed by atoms with Crippen LogP contribution in [0.4, 0.5) is 0 Å². The molecule has 0 atom stereocenters. The molecular weight excluding hydrogens is 512 g/mol. The van der Waals surface area contributed by atoms with Crippen LogP contribution in [0, 0.1) is 0 Å². The summed E-state index contributed by atoms with van der Waals surface area (Å²) in [4.78, 5) is 9.72. The largest absolute Gasteiger partial charge is 0.308 e. The van der Waals surface area contributed by atoms with Gasteiger partial charge in [0.2, 0.25) is 0 Å². The van der Waals surface area contributed by atoms with Gasteiger partial charge in [-0.3, -0.25) is 9.97 Å². The highest BCUT2D eigenvalue weighted by Crippen LogP contribution is 2.49. The van der Waals surface area contributed by atoms with Crippen LogP contribution in [0.3, 0.4) is 0 Å². The van der Waals surface area contributed by atoms with E-state index in [1.165, 1.54) is 54.7 Å². The van der Waals surface area contributed by atoms with Crippen LogP contribution in [0.5, 0.6) is 0 Å². The zero-order valence-corrected chi connectivity index (χ0v) is 22.5. The molecular formula is C38H22N4. The SMILES string of the molecule is c1ccc2ncc(-n3c4ccc5cccc6c5c4-c4c5c(cccc53)ccc4n6-c3cnc4ccccc4c3)cc2c1. The zero-order valence-electron chi connectivity index (χ0n) is 22.5. The van der Waals surface area contributed by atoms with Gasteiger partial charge in [0.25, 0.3) is 0 Å². The molecule has 6 aromatic carbocycles. The third kappa shape index (κ3) is 2.80. The van der Waals surface area contributed by atoms with Gasteiger partial charge in [-0.1, -0.05) is 72.8 Å². The lowest BCUT2D eigenvalue weighted by Gasteiger charge is -2.28. The van der Waals surface area contributed by atoms with E-state index in [9.17, 15) is 0 Å². The van der Waals surface area contributed by atoms with Crippen molar-refractivity contribution >= 4 is 65.4 Å². The Kier molecular flexibility index (Phi) is 4.15. The van der Waals surface area contributed by atoms with Gasteiger partial charge in [0, 0.05) is 32.7 Å². The van der Waals surface area contributed by atoms with E-state index < -0.39 is 0 Å². The standard InChI is InChI=1S/C38H22N4/c1-3-11-29-25(7-1)19-27(21-39-29)41-31-13-5-9-23-16-18-34-38(35(23)31)37-33(41)17-15-24-10-6-14-32(36(24)37)42(34)28-20-26-8-2-4-12-30(26)40-22-28/h1-22H. The van der Waals surface area contributed by atoms with Crippen LogP contribution >= 0.6 is 0 Å². The van der Waals surface area contributed by atoms with Gasteiger partial charge in [-0.05, 0) is 59.3 Å². The minimum absolute atomic E-state index is 1.00. The number of nitrogens with zero attached hydrogens (tertiary/aromatic N) is 4. The molecule has 2 aromatic heterocycles. The summed E-state index contributed by atoms with van der Waals surface area (Å²) in [6, 6.07) is 43.5. The van der Waals surface area contributed by atoms with Gasteiger partial charge in [-0.25, -0.2) is 0 Å². The van der Waals surface area contributed by atoms with Crippen LogP contribution in [-0.2, 0) is 0 Å². The molecule has 0 radical (unpaired) electrons. The summed E-state index contributed by atoms with van der Waals surface area (Å²) in [6.07, 6.45) is 4.02. The van der Waals surface area contributed by atoms with E-state index >= 15 is 0 Å². The third-order valence-electron chi connectivity index (χ3n) is 8.89. The van der Waals surface area contributed by atoms with Crippen LogP contribution in [0.2, 0.25) is 0 Å². The molecule has 4 heterocycles. The summed E-state index contributed by atoms with van der Waals surface area (Å²) >= 11 is 0. The molecule has 0 aliphatic carbocycles. The molecule has 0 unspecified atom stereocenters. The fraction of sp³-hybridized carbons (Fsp3) is 0. The lowest BCUT2D eigenvalue weighted by Crippen LogP contribution is -2.10. The Bertz CT molecular complexity index is 2450. The second kappa shape index (κ2) is 7.93. The van der Waals surface area contributed by atoms with Crippen LogP contribution < -0.4 is 0 Å². The Morgan fingerprint density at radius 2 is 0.833 bits per heavy atom. The van der Waals surface area contributed by atoms with Gasteiger partial charge >= 0.3 is 0 Å². The summed E-state index contributed by atoms with van der Waals surface area (Å²) in [7, 11) is 0. The monoisotopic (exact) mass is 534 g/mol. The number of benzene rings is 6. The van der Waals surface area contributed by atoms with E-state index in [0.717, 1.165) is 33.2 Å². The number of hydrogen-bond acceptors (Lipinski definition) is 2. The van der Waals surface area contributed by atoms with Crippen molar-refractivity contribution in [2.24, 2.45) is 0 Å². The minimum atomic E-state index is 1.00. The molecule has 0 saturated heterocycles. The molecule has 8 aromatic rings. The Morgan fingerprint density at radius 3 is 1.33 bits per heavy atom. The Balaban J connectivity index is 1.44. The Morgan fingerprint density at radius 1 is 0.381 bits per heavy atom. The summed E-state index contributed by atoms with van der Waals surface area (Å²) in [5, 5.41) is 7.23. The first-order valence-electron chi connectivity index (χ1n) is 14.3. The number of fused-ring (bicyclic) bond motifs is 2. The first kappa shape index (κ1) is 22.0. The maximum absolute atomic E-state index is 4.86. The van der Waals surface area contributed by atoms with E-state index in [2.05, 4.69) is 118 Å². The van der Waals surface area contributed by atoms with Crippen LogP contribution in [0.25, 0.3) is 87.9 Å². The van der Waals surface area contributed by atoms with Gasteiger partial charge in [0.05, 0.1) is 56.9 Å².